The predicted octanol–water partition coefficient (Wildman–Crippen LogP) is 5.24. The fourth-order valence-electron chi connectivity index (χ4n) is 1.59. The summed E-state index contributed by atoms with van der Waals surface area (Å²) in [5.41, 5.74) is 0. The van der Waals surface area contributed by atoms with Gasteiger partial charge in [0.1, 0.15) is 5.75 Å². The van der Waals surface area contributed by atoms with Gasteiger partial charge >= 0.3 is 0 Å². The van der Waals surface area contributed by atoms with Crippen molar-refractivity contribution in [1.82, 2.24) is 0 Å². The smallest absolute Gasteiger partial charge is 0.188 e. The van der Waals surface area contributed by atoms with Gasteiger partial charge in [0.05, 0.1) is 11.1 Å². The van der Waals surface area contributed by atoms with Crippen molar-refractivity contribution >= 4 is 35.8 Å². The SMILES string of the molecule is CC(C)(CCCOc1ccc(Cl)cc1Br)[Si](C)(C)O. The lowest BCUT2D eigenvalue weighted by Crippen LogP contribution is -2.39. The highest BCUT2D eigenvalue weighted by atomic mass is 79.9. The summed E-state index contributed by atoms with van der Waals surface area (Å²) in [6.45, 7) is 8.90. The predicted molar refractivity (Wildman–Crippen MR) is 87.6 cm³/mol. The summed E-state index contributed by atoms with van der Waals surface area (Å²) < 4.78 is 6.60. The molecule has 1 N–H and O–H groups in total. The molecule has 0 heterocycles. The van der Waals surface area contributed by atoms with Gasteiger partial charge in [-0.15, -0.1) is 0 Å². The number of rotatable bonds is 6. The Balaban J connectivity index is 2.43. The lowest BCUT2D eigenvalue weighted by Gasteiger charge is -2.35. The third-order valence-corrected chi connectivity index (χ3v) is 8.17. The van der Waals surface area contributed by atoms with E-state index in [0.717, 1.165) is 23.1 Å². The summed E-state index contributed by atoms with van der Waals surface area (Å²) in [6, 6.07) is 5.50. The highest BCUT2D eigenvalue weighted by molar-refractivity contribution is 9.10. The molecule has 0 aromatic heterocycles. The molecule has 0 atom stereocenters. The maximum Gasteiger partial charge on any atom is 0.188 e. The van der Waals surface area contributed by atoms with E-state index in [9.17, 15) is 4.80 Å². The lowest BCUT2D eigenvalue weighted by molar-refractivity contribution is 0.293. The molecule has 5 heteroatoms. The Labute approximate surface area is 130 Å². The Morgan fingerprint density at radius 3 is 2.53 bits per heavy atom. The largest absolute Gasteiger partial charge is 0.492 e. The topological polar surface area (TPSA) is 29.5 Å². The van der Waals surface area contributed by atoms with Gasteiger partial charge in [0.2, 0.25) is 0 Å². The van der Waals surface area contributed by atoms with Crippen LogP contribution >= 0.6 is 27.5 Å². The van der Waals surface area contributed by atoms with Crippen LogP contribution in [-0.4, -0.2) is 19.7 Å². The first-order chi connectivity index (χ1) is 8.63. The van der Waals surface area contributed by atoms with Crippen molar-refractivity contribution in [2.75, 3.05) is 6.61 Å². The van der Waals surface area contributed by atoms with Crippen LogP contribution in [0.1, 0.15) is 26.7 Å². The minimum absolute atomic E-state index is 0.00753. The van der Waals surface area contributed by atoms with Gasteiger partial charge in [-0.25, -0.2) is 0 Å². The molecule has 0 aliphatic carbocycles. The normalized spacial score (nSPS) is 12.6. The number of ether oxygens (including phenoxy) is 1. The maximum atomic E-state index is 10.2. The van der Waals surface area contributed by atoms with Crippen LogP contribution in [0.2, 0.25) is 23.2 Å². The molecule has 0 unspecified atom stereocenters. The maximum absolute atomic E-state index is 10.2. The summed E-state index contributed by atoms with van der Waals surface area (Å²) in [5.74, 6) is 0.808. The molecule has 0 saturated heterocycles. The summed E-state index contributed by atoms with van der Waals surface area (Å²) in [5, 5.41) is 0.696. The van der Waals surface area contributed by atoms with Gasteiger partial charge in [-0.05, 0) is 65.1 Å². The van der Waals surface area contributed by atoms with Crippen molar-refractivity contribution in [2.24, 2.45) is 0 Å². The van der Waals surface area contributed by atoms with Crippen molar-refractivity contribution in [3.8, 4) is 5.75 Å². The number of halogens is 2. The molecular weight excluding hydrogens is 344 g/mol. The van der Waals surface area contributed by atoms with E-state index in [-0.39, 0.29) is 5.04 Å². The minimum atomic E-state index is -2.11. The molecule has 0 aliphatic heterocycles. The number of hydrogen-bond acceptors (Lipinski definition) is 2. The molecule has 0 fully saturated rings. The van der Waals surface area contributed by atoms with Gasteiger partial charge in [0.15, 0.2) is 8.32 Å². The Kier molecular flexibility index (Phi) is 5.92. The number of hydrogen-bond donors (Lipinski definition) is 1. The van der Waals surface area contributed by atoms with E-state index in [4.69, 9.17) is 16.3 Å². The molecule has 2 nitrogen and oxygen atoms in total. The molecule has 108 valence electrons. The van der Waals surface area contributed by atoms with Gasteiger partial charge in [0, 0.05) is 5.02 Å². The first-order valence-corrected chi connectivity index (χ1v) is 10.6. The molecule has 0 spiro atoms. The molecule has 0 aliphatic rings. The summed E-state index contributed by atoms with van der Waals surface area (Å²) in [7, 11) is -2.11. The van der Waals surface area contributed by atoms with Crippen molar-refractivity contribution in [3.05, 3.63) is 27.7 Å². The van der Waals surface area contributed by atoms with Crippen LogP contribution in [0.15, 0.2) is 22.7 Å². The summed E-state index contributed by atoms with van der Waals surface area (Å²) in [4.78, 5) is 10.2. The first kappa shape index (κ1) is 17.0. The molecule has 1 aromatic carbocycles. The molecular formula is C14H22BrClO2Si. The molecule has 0 radical (unpaired) electrons. The Hall–Kier alpha value is -0.0331. The zero-order valence-electron chi connectivity index (χ0n) is 12.0. The van der Waals surface area contributed by atoms with Gasteiger partial charge in [-0.1, -0.05) is 25.4 Å². The molecule has 1 rings (SSSR count). The molecule has 0 saturated carbocycles. The molecule has 19 heavy (non-hydrogen) atoms. The Morgan fingerprint density at radius 1 is 1.37 bits per heavy atom. The van der Waals surface area contributed by atoms with Gasteiger partial charge in [0.25, 0.3) is 0 Å². The number of benzene rings is 1. The van der Waals surface area contributed by atoms with Crippen LogP contribution in [0.3, 0.4) is 0 Å². The third kappa shape index (κ3) is 5.10. The second-order valence-corrected chi connectivity index (χ2v) is 11.7. The summed E-state index contributed by atoms with van der Waals surface area (Å²) >= 11 is 9.31. The van der Waals surface area contributed by atoms with E-state index < -0.39 is 8.32 Å². The highest BCUT2D eigenvalue weighted by Crippen LogP contribution is 2.39. The third-order valence-electron chi connectivity index (χ3n) is 3.75. The van der Waals surface area contributed by atoms with Crippen LogP contribution in [0, 0.1) is 0 Å². The van der Waals surface area contributed by atoms with Gasteiger partial charge < -0.3 is 9.53 Å². The van der Waals surface area contributed by atoms with E-state index in [2.05, 4.69) is 29.8 Å². The quantitative estimate of drug-likeness (QED) is 0.552. The minimum Gasteiger partial charge on any atom is -0.492 e. The van der Waals surface area contributed by atoms with Crippen LogP contribution in [-0.2, 0) is 0 Å². The summed E-state index contributed by atoms with van der Waals surface area (Å²) in [6.07, 6.45) is 1.90. The molecule has 0 bridgehead atoms. The van der Waals surface area contributed by atoms with Crippen molar-refractivity contribution in [1.29, 1.82) is 0 Å². The monoisotopic (exact) mass is 364 g/mol. The van der Waals surface area contributed by atoms with E-state index in [1.165, 1.54) is 0 Å². The second-order valence-electron chi connectivity index (χ2n) is 5.97. The van der Waals surface area contributed by atoms with Gasteiger partial charge in [-0.2, -0.15) is 0 Å². The molecule has 1 aromatic rings. The van der Waals surface area contributed by atoms with Crippen LogP contribution in [0.5, 0.6) is 5.75 Å². The Morgan fingerprint density at radius 2 is 2.00 bits per heavy atom. The highest BCUT2D eigenvalue weighted by Gasteiger charge is 2.37. The zero-order chi connectivity index (χ0) is 14.7. The standard InChI is InChI=1S/C14H22BrClO2Si/c1-14(2,19(3,4)17)8-5-9-18-13-7-6-11(16)10-12(13)15/h6-7,10,17H,5,8-9H2,1-4H3. The van der Waals surface area contributed by atoms with Crippen LogP contribution in [0.25, 0.3) is 0 Å². The van der Waals surface area contributed by atoms with E-state index in [0.29, 0.717) is 11.6 Å². The van der Waals surface area contributed by atoms with E-state index in [1.54, 1.807) is 0 Å². The van der Waals surface area contributed by atoms with Crippen LogP contribution in [0.4, 0.5) is 0 Å². The fourth-order valence-corrected chi connectivity index (χ4v) is 3.18. The van der Waals surface area contributed by atoms with E-state index in [1.807, 2.05) is 31.3 Å². The van der Waals surface area contributed by atoms with Crippen molar-refractivity contribution in [3.63, 3.8) is 0 Å². The van der Waals surface area contributed by atoms with Crippen molar-refractivity contribution < 1.29 is 9.53 Å². The second kappa shape index (κ2) is 6.61. The zero-order valence-corrected chi connectivity index (χ0v) is 15.3. The van der Waals surface area contributed by atoms with Crippen LogP contribution < -0.4 is 4.74 Å². The average Bonchev–Trinajstić information content (AvgIpc) is 2.25. The Bertz CT molecular complexity index is 430. The lowest BCUT2D eigenvalue weighted by atomic mass is 10.1. The van der Waals surface area contributed by atoms with Crippen molar-refractivity contribution in [2.45, 2.75) is 44.8 Å². The molecule has 0 amide bonds. The first-order valence-electron chi connectivity index (χ1n) is 6.44. The average molecular weight is 366 g/mol. The van der Waals surface area contributed by atoms with E-state index >= 15 is 0 Å². The fraction of sp³-hybridized carbons (Fsp3) is 0.571. The van der Waals surface area contributed by atoms with Gasteiger partial charge in [-0.3, -0.25) is 0 Å².